The van der Waals surface area contributed by atoms with Gasteiger partial charge in [-0.2, -0.15) is 5.10 Å². The van der Waals surface area contributed by atoms with Gasteiger partial charge in [0.25, 0.3) is 0 Å². The Balaban J connectivity index is 1.25. The van der Waals surface area contributed by atoms with Crippen molar-refractivity contribution in [3.05, 3.63) is 59.3 Å². The SMILES string of the molecule is c1cnn(-c2ccc(N3CCC(NCCc4cscn4)CC3)cc2)c1. The third kappa shape index (κ3) is 4.08. The number of anilines is 1. The van der Waals surface area contributed by atoms with E-state index in [1.54, 1.807) is 17.5 Å². The van der Waals surface area contributed by atoms with E-state index in [1.807, 2.05) is 22.5 Å². The molecule has 1 aromatic carbocycles. The second kappa shape index (κ2) is 7.80. The largest absolute Gasteiger partial charge is 0.371 e. The van der Waals surface area contributed by atoms with Crippen molar-refractivity contribution in [2.75, 3.05) is 24.5 Å². The Morgan fingerprint density at radius 1 is 1.12 bits per heavy atom. The van der Waals surface area contributed by atoms with Gasteiger partial charge in [0.05, 0.1) is 16.9 Å². The molecule has 3 aromatic rings. The summed E-state index contributed by atoms with van der Waals surface area (Å²) in [5, 5.41) is 10.1. The molecule has 0 spiro atoms. The van der Waals surface area contributed by atoms with Crippen LogP contribution in [0.2, 0.25) is 0 Å². The normalized spacial score (nSPS) is 15.6. The predicted octanol–water partition coefficient (Wildman–Crippen LogP) is 3.13. The molecule has 1 saturated heterocycles. The van der Waals surface area contributed by atoms with E-state index in [-0.39, 0.29) is 0 Å². The average Bonchev–Trinajstić information content (AvgIpc) is 3.37. The summed E-state index contributed by atoms with van der Waals surface area (Å²) in [4.78, 5) is 6.82. The molecule has 2 aromatic heterocycles. The van der Waals surface area contributed by atoms with Crippen LogP contribution in [-0.4, -0.2) is 40.4 Å². The lowest BCUT2D eigenvalue weighted by atomic mass is 10.0. The third-order valence-electron chi connectivity index (χ3n) is 4.78. The molecular weight excluding hydrogens is 330 g/mol. The van der Waals surface area contributed by atoms with Crippen LogP contribution >= 0.6 is 11.3 Å². The van der Waals surface area contributed by atoms with E-state index in [4.69, 9.17) is 0 Å². The van der Waals surface area contributed by atoms with Crippen molar-refractivity contribution >= 4 is 17.0 Å². The predicted molar refractivity (Wildman–Crippen MR) is 103 cm³/mol. The lowest BCUT2D eigenvalue weighted by molar-refractivity contribution is 0.417. The van der Waals surface area contributed by atoms with Crippen molar-refractivity contribution in [1.82, 2.24) is 20.1 Å². The van der Waals surface area contributed by atoms with E-state index in [2.05, 4.69) is 49.9 Å². The molecular formula is C19H23N5S. The molecule has 0 saturated carbocycles. The topological polar surface area (TPSA) is 46.0 Å². The number of piperidine rings is 1. The molecule has 1 aliphatic rings. The number of benzene rings is 1. The lowest BCUT2D eigenvalue weighted by Gasteiger charge is -2.34. The van der Waals surface area contributed by atoms with Crippen LogP contribution in [0.15, 0.2) is 53.6 Å². The number of nitrogens with zero attached hydrogens (tertiary/aromatic N) is 4. The summed E-state index contributed by atoms with van der Waals surface area (Å²) in [6, 6.07) is 11.2. The molecule has 6 heteroatoms. The highest BCUT2D eigenvalue weighted by Gasteiger charge is 2.19. The van der Waals surface area contributed by atoms with Gasteiger partial charge in [-0.05, 0) is 43.2 Å². The quantitative estimate of drug-likeness (QED) is 0.740. The third-order valence-corrected chi connectivity index (χ3v) is 5.41. The van der Waals surface area contributed by atoms with E-state index < -0.39 is 0 Å². The van der Waals surface area contributed by atoms with E-state index >= 15 is 0 Å². The highest BCUT2D eigenvalue weighted by molar-refractivity contribution is 7.07. The molecule has 0 atom stereocenters. The van der Waals surface area contributed by atoms with Gasteiger partial charge < -0.3 is 10.2 Å². The van der Waals surface area contributed by atoms with E-state index in [9.17, 15) is 0 Å². The fourth-order valence-electron chi connectivity index (χ4n) is 3.34. The minimum absolute atomic E-state index is 0.623. The van der Waals surface area contributed by atoms with Crippen molar-refractivity contribution in [2.45, 2.75) is 25.3 Å². The Hall–Kier alpha value is -2.18. The summed E-state index contributed by atoms with van der Waals surface area (Å²) in [6.45, 7) is 3.23. The van der Waals surface area contributed by atoms with Crippen LogP contribution in [0.25, 0.3) is 5.69 Å². The first-order valence-electron chi connectivity index (χ1n) is 8.84. The fraction of sp³-hybridized carbons (Fsp3) is 0.368. The lowest BCUT2D eigenvalue weighted by Crippen LogP contribution is -2.43. The van der Waals surface area contributed by atoms with Gasteiger partial charge in [0.1, 0.15) is 0 Å². The fourth-order valence-corrected chi connectivity index (χ4v) is 3.94. The summed E-state index contributed by atoms with van der Waals surface area (Å²) >= 11 is 1.67. The zero-order valence-electron chi connectivity index (χ0n) is 14.2. The first-order chi connectivity index (χ1) is 12.4. The zero-order valence-corrected chi connectivity index (χ0v) is 15.0. The van der Waals surface area contributed by atoms with Crippen molar-refractivity contribution in [3.63, 3.8) is 0 Å². The van der Waals surface area contributed by atoms with Crippen LogP contribution in [0, 0.1) is 0 Å². The van der Waals surface area contributed by atoms with Crippen LogP contribution in [0.5, 0.6) is 0 Å². The monoisotopic (exact) mass is 353 g/mol. The summed E-state index contributed by atoms with van der Waals surface area (Å²) < 4.78 is 1.89. The van der Waals surface area contributed by atoms with Gasteiger partial charge >= 0.3 is 0 Å². The summed E-state index contributed by atoms with van der Waals surface area (Å²) in [6.07, 6.45) is 7.19. The Bertz CT molecular complexity index is 744. The van der Waals surface area contributed by atoms with Crippen LogP contribution in [0.4, 0.5) is 5.69 Å². The average molecular weight is 353 g/mol. The first-order valence-corrected chi connectivity index (χ1v) is 9.78. The number of hydrogen-bond acceptors (Lipinski definition) is 5. The highest BCUT2D eigenvalue weighted by atomic mass is 32.1. The molecule has 25 heavy (non-hydrogen) atoms. The maximum absolute atomic E-state index is 4.34. The van der Waals surface area contributed by atoms with Crippen molar-refractivity contribution in [3.8, 4) is 5.69 Å². The second-order valence-corrected chi connectivity index (χ2v) is 7.13. The summed E-state index contributed by atoms with van der Waals surface area (Å²) in [7, 11) is 0. The van der Waals surface area contributed by atoms with Crippen molar-refractivity contribution in [2.24, 2.45) is 0 Å². The molecule has 130 valence electrons. The molecule has 1 aliphatic heterocycles. The molecule has 0 unspecified atom stereocenters. The summed E-state index contributed by atoms with van der Waals surface area (Å²) in [5.41, 5.74) is 5.52. The van der Waals surface area contributed by atoms with Crippen molar-refractivity contribution < 1.29 is 0 Å². The Kier molecular flexibility index (Phi) is 5.09. The smallest absolute Gasteiger partial charge is 0.0794 e. The Labute approximate surface area is 152 Å². The van der Waals surface area contributed by atoms with Gasteiger partial charge in [0, 0.05) is 55.6 Å². The highest BCUT2D eigenvalue weighted by Crippen LogP contribution is 2.21. The van der Waals surface area contributed by atoms with Crippen LogP contribution in [-0.2, 0) is 6.42 Å². The first kappa shape index (κ1) is 16.3. The maximum Gasteiger partial charge on any atom is 0.0794 e. The molecule has 1 N–H and O–H groups in total. The standard InChI is InChI=1S/C19H23N5S/c1-9-22-24(11-1)19-4-2-18(3-5-19)23-12-7-16(8-13-23)20-10-6-17-14-25-15-21-17/h1-5,9,11,14-16,20H,6-8,10,12-13H2. The molecule has 0 radical (unpaired) electrons. The molecule has 4 rings (SSSR count). The zero-order chi connectivity index (χ0) is 16.9. The Morgan fingerprint density at radius 2 is 1.92 bits per heavy atom. The molecule has 5 nitrogen and oxygen atoms in total. The van der Waals surface area contributed by atoms with Crippen LogP contribution < -0.4 is 10.2 Å². The van der Waals surface area contributed by atoms with Gasteiger partial charge in [-0.25, -0.2) is 9.67 Å². The minimum Gasteiger partial charge on any atom is -0.371 e. The number of aromatic nitrogens is 3. The number of nitrogens with one attached hydrogen (secondary N) is 1. The van der Waals surface area contributed by atoms with E-state index in [1.165, 1.54) is 24.2 Å². The molecule has 3 heterocycles. The minimum atomic E-state index is 0.623. The molecule has 0 bridgehead atoms. The number of rotatable bonds is 6. The van der Waals surface area contributed by atoms with E-state index in [0.717, 1.165) is 31.7 Å². The number of thiazole rings is 1. The molecule has 1 fully saturated rings. The maximum atomic E-state index is 4.34. The molecule has 0 aliphatic carbocycles. The number of hydrogen-bond donors (Lipinski definition) is 1. The van der Waals surface area contributed by atoms with Gasteiger partial charge in [0.2, 0.25) is 0 Å². The van der Waals surface area contributed by atoms with E-state index in [0.29, 0.717) is 6.04 Å². The molecule has 0 amide bonds. The Morgan fingerprint density at radius 3 is 2.60 bits per heavy atom. The summed E-state index contributed by atoms with van der Waals surface area (Å²) in [5.74, 6) is 0. The van der Waals surface area contributed by atoms with Gasteiger partial charge in [-0.3, -0.25) is 0 Å². The van der Waals surface area contributed by atoms with Gasteiger partial charge in [0.15, 0.2) is 0 Å². The van der Waals surface area contributed by atoms with Crippen molar-refractivity contribution in [1.29, 1.82) is 0 Å². The second-order valence-electron chi connectivity index (χ2n) is 6.41. The van der Waals surface area contributed by atoms with Crippen LogP contribution in [0.1, 0.15) is 18.5 Å². The van der Waals surface area contributed by atoms with Crippen LogP contribution in [0.3, 0.4) is 0 Å². The van der Waals surface area contributed by atoms with Gasteiger partial charge in [-0.1, -0.05) is 0 Å². The van der Waals surface area contributed by atoms with Gasteiger partial charge in [-0.15, -0.1) is 11.3 Å².